The molecule has 1 aliphatic rings. The van der Waals surface area contributed by atoms with Gasteiger partial charge in [0, 0.05) is 16.0 Å². The van der Waals surface area contributed by atoms with Gasteiger partial charge in [0.05, 0.1) is 12.2 Å². The van der Waals surface area contributed by atoms with Crippen LogP contribution in [0.2, 0.25) is 5.02 Å². The molecule has 5 nitrogen and oxygen atoms in total. The van der Waals surface area contributed by atoms with E-state index in [2.05, 4.69) is 15.6 Å². The van der Waals surface area contributed by atoms with E-state index in [4.69, 9.17) is 17.3 Å². The molecule has 98 valence electrons. The third-order valence-electron chi connectivity index (χ3n) is 2.87. The molecule has 0 unspecified atom stereocenters. The zero-order chi connectivity index (χ0) is 13.4. The maximum atomic E-state index is 6.04. The second-order valence-corrected chi connectivity index (χ2v) is 5.41. The average molecular weight is 294 g/mol. The van der Waals surface area contributed by atoms with Crippen LogP contribution >= 0.6 is 23.4 Å². The predicted molar refractivity (Wildman–Crippen MR) is 77.3 cm³/mol. The van der Waals surface area contributed by atoms with Gasteiger partial charge >= 0.3 is 0 Å². The summed E-state index contributed by atoms with van der Waals surface area (Å²) >= 11 is 7.56. The lowest BCUT2D eigenvalue weighted by atomic mass is 10.1. The number of nitrogens with one attached hydrogen (secondary N) is 1. The molecule has 1 aromatic carbocycles. The first kappa shape index (κ1) is 12.5. The fourth-order valence-corrected chi connectivity index (χ4v) is 2.70. The molecule has 0 saturated heterocycles. The minimum Gasteiger partial charge on any atom is -0.324 e. The van der Waals surface area contributed by atoms with Crippen molar-refractivity contribution in [3.05, 3.63) is 45.6 Å². The monoisotopic (exact) mass is 293 g/mol. The van der Waals surface area contributed by atoms with Crippen molar-refractivity contribution in [2.45, 2.75) is 18.6 Å². The van der Waals surface area contributed by atoms with E-state index in [1.54, 1.807) is 0 Å². The van der Waals surface area contributed by atoms with Crippen molar-refractivity contribution in [1.82, 2.24) is 14.9 Å². The van der Waals surface area contributed by atoms with Crippen molar-refractivity contribution in [2.75, 3.05) is 5.43 Å². The number of fused-ring (bicyclic) bond motifs is 1. The summed E-state index contributed by atoms with van der Waals surface area (Å²) in [6.45, 7) is 2.32. The highest BCUT2D eigenvalue weighted by Crippen LogP contribution is 2.29. The number of aromatic nitrogens is 3. The highest BCUT2D eigenvalue weighted by atomic mass is 35.5. The normalized spacial score (nSPS) is 13.7. The van der Waals surface area contributed by atoms with E-state index in [1.807, 2.05) is 35.2 Å². The molecule has 19 heavy (non-hydrogen) atoms. The van der Waals surface area contributed by atoms with Gasteiger partial charge in [-0.05, 0) is 24.6 Å². The topological polar surface area (TPSA) is 68.8 Å². The largest absolute Gasteiger partial charge is 0.324 e. The number of hydrogen-bond acceptors (Lipinski definition) is 5. The first-order chi connectivity index (χ1) is 9.19. The summed E-state index contributed by atoms with van der Waals surface area (Å²) in [5.74, 6) is 0.707. The molecule has 0 aliphatic carbocycles. The molecule has 0 atom stereocenters. The Morgan fingerprint density at radius 2 is 2.26 bits per heavy atom. The fourth-order valence-electron chi connectivity index (χ4n) is 1.82. The van der Waals surface area contributed by atoms with E-state index in [-0.39, 0.29) is 0 Å². The molecule has 0 spiro atoms. The Morgan fingerprint density at radius 1 is 1.42 bits per heavy atom. The lowest BCUT2D eigenvalue weighted by Crippen LogP contribution is -2.21. The van der Waals surface area contributed by atoms with Crippen LogP contribution in [0.15, 0.2) is 28.8 Å². The predicted octanol–water partition coefficient (Wildman–Crippen LogP) is 2.35. The Labute approximate surface area is 119 Å². The number of hydrogen-bond donors (Lipinski definition) is 2. The van der Waals surface area contributed by atoms with Crippen molar-refractivity contribution < 1.29 is 0 Å². The standard InChI is InChI=1S/C12H12ClN5S/c1-7-4-8(2-3-9(7)13)10-6-19-12-16-15-11(5-14)18(12)17-10/h2-4,6,17H,5,14H2,1H3. The van der Waals surface area contributed by atoms with Crippen LogP contribution in [0.3, 0.4) is 0 Å². The van der Waals surface area contributed by atoms with Crippen molar-refractivity contribution in [2.24, 2.45) is 5.73 Å². The molecule has 2 aromatic rings. The Kier molecular flexibility index (Phi) is 3.22. The van der Waals surface area contributed by atoms with Crippen LogP contribution in [0.4, 0.5) is 0 Å². The summed E-state index contributed by atoms with van der Waals surface area (Å²) in [6, 6.07) is 5.91. The summed E-state index contributed by atoms with van der Waals surface area (Å²) in [7, 11) is 0. The maximum absolute atomic E-state index is 6.04. The number of nitrogens with zero attached hydrogens (tertiary/aromatic N) is 3. The lowest BCUT2D eigenvalue weighted by molar-refractivity contribution is 0.765. The molecule has 0 radical (unpaired) electrons. The zero-order valence-corrected chi connectivity index (χ0v) is 11.8. The van der Waals surface area contributed by atoms with Gasteiger partial charge in [-0.15, -0.1) is 10.2 Å². The summed E-state index contributed by atoms with van der Waals surface area (Å²) in [5.41, 5.74) is 12.0. The van der Waals surface area contributed by atoms with Crippen molar-refractivity contribution in [1.29, 1.82) is 0 Å². The lowest BCUT2D eigenvalue weighted by Gasteiger charge is -2.19. The third-order valence-corrected chi connectivity index (χ3v) is 4.12. The molecule has 0 saturated carbocycles. The van der Waals surface area contributed by atoms with Gasteiger partial charge in [-0.1, -0.05) is 29.4 Å². The van der Waals surface area contributed by atoms with Crippen LogP contribution in [0, 0.1) is 6.92 Å². The van der Waals surface area contributed by atoms with Gasteiger partial charge in [0.25, 0.3) is 0 Å². The Bertz CT molecular complexity index is 664. The van der Waals surface area contributed by atoms with E-state index in [1.165, 1.54) is 11.8 Å². The third kappa shape index (κ3) is 2.22. The summed E-state index contributed by atoms with van der Waals surface area (Å²) in [6.07, 6.45) is 0. The molecule has 2 heterocycles. The van der Waals surface area contributed by atoms with Crippen LogP contribution in [0.1, 0.15) is 17.0 Å². The summed E-state index contributed by atoms with van der Waals surface area (Å²) in [4.78, 5) is 0. The summed E-state index contributed by atoms with van der Waals surface area (Å²) < 4.78 is 1.81. The minimum absolute atomic E-state index is 0.341. The molecule has 3 rings (SSSR count). The average Bonchev–Trinajstić information content (AvgIpc) is 2.84. The van der Waals surface area contributed by atoms with E-state index >= 15 is 0 Å². The molecular formula is C12H12ClN5S. The van der Waals surface area contributed by atoms with Gasteiger partial charge in [-0.2, -0.15) is 0 Å². The van der Waals surface area contributed by atoms with Crippen molar-refractivity contribution in [3.8, 4) is 0 Å². The van der Waals surface area contributed by atoms with Gasteiger partial charge in [-0.25, -0.2) is 4.68 Å². The fraction of sp³-hybridized carbons (Fsp3) is 0.167. The van der Waals surface area contributed by atoms with Crippen LogP contribution in [-0.4, -0.2) is 14.9 Å². The first-order valence-corrected chi connectivity index (χ1v) is 6.99. The van der Waals surface area contributed by atoms with Crippen LogP contribution < -0.4 is 11.2 Å². The number of aryl methyl sites for hydroxylation is 1. The quantitative estimate of drug-likeness (QED) is 0.889. The first-order valence-electron chi connectivity index (χ1n) is 5.74. The van der Waals surface area contributed by atoms with Crippen LogP contribution in [0.25, 0.3) is 5.70 Å². The van der Waals surface area contributed by atoms with E-state index < -0.39 is 0 Å². The van der Waals surface area contributed by atoms with Crippen LogP contribution in [-0.2, 0) is 6.54 Å². The summed E-state index contributed by atoms with van der Waals surface area (Å²) in [5, 5.41) is 11.6. The highest BCUT2D eigenvalue weighted by Gasteiger charge is 2.17. The Hall–Kier alpha value is -1.50. The van der Waals surface area contributed by atoms with E-state index in [0.29, 0.717) is 12.4 Å². The number of rotatable bonds is 2. The number of thioether (sulfide) groups is 1. The minimum atomic E-state index is 0.341. The maximum Gasteiger partial charge on any atom is 0.214 e. The zero-order valence-electron chi connectivity index (χ0n) is 10.2. The molecule has 1 aromatic heterocycles. The Morgan fingerprint density at radius 3 is 3.00 bits per heavy atom. The van der Waals surface area contributed by atoms with Crippen LogP contribution in [0.5, 0.6) is 0 Å². The van der Waals surface area contributed by atoms with Gasteiger partial charge in [-0.3, -0.25) is 5.43 Å². The van der Waals surface area contributed by atoms with Gasteiger partial charge < -0.3 is 5.73 Å². The van der Waals surface area contributed by atoms with E-state index in [9.17, 15) is 0 Å². The van der Waals surface area contributed by atoms with Gasteiger partial charge in [0.1, 0.15) is 0 Å². The molecule has 0 bridgehead atoms. The second-order valence-electron chi connectivity index (χ2n) is 4.16. The number of halogens is 1. The number of nitrogens with two attached hydrogens (primary N) is 1. The molecule has 7 heteroatoms. The van der Waals surface area contributed by atoms with Gasteiger partial charge in [0.15, 0.2) is 5.82 Å². The molecule has 1 aliphatic heterocycles. The number of benzene rings is 1. The second kappa shape index (κ2) is 4.88. The highest BCUT2D eigenvalue weighted by molar-refractivity contribution is 8.02. The van der Waals surface area contributed by atoms with Crippen molar-refractivity contribution >= 4 is 29.1 Å². The Balaban J connectivity index is 1.95. The molecule has 0 fully saturated rings. The SMILES string of the molecule is Cc1cc(C2=CSc3nnc(CN)n3N2)ccc1Cl. The molecule has 3 N–H and O–H groups in total. The van der Waals surface area contributed by atoms with E-state index in [0.717, 1.165) is 27.0 Å². The van der Waals surface area contributed by atoms with Crippen molar-refractivity contribution in [3.63, 3.8) is 0 Å². The molecule has 0 amide bonds. The smallest absolute Gasteiger partial charge is 0.214 e. The van der Waals surface area contributed by atoms with Gasteiger partial charge in [0.2, 0.25) is 5.16 Å². The molecular weight excluding hydrogens is 282 g/mol.